The molecule has 0 saturated heterocycles. The van der Waals surface area contributed by atoms with Gasteiger partial charge in [-0.05, 0) is 0 Å². The zero-order valence-corrected chi connectivity index (χ0v) is 11.1. The molecule has 0 aliphatic rings. The van der Waals surface area contributed by atoms with Crippen LogP contribution < -0.4 is 0 Å². The molecular weight excluding hydrogens is 242 g/mol. The Balaban J connectivity index is 3.21. The lowest BCUT2D eigenvalue weighted by atomic mass is 9.98. The Morgan fingerprint density at radius 1 is 1.41 bits per heavy atom. The molecule has 1 N–H and O–H groups in total. The maximum absolute atomic E-state index is 11.5. The van der Waals surface area contributed by atoms with Gasteiger partial charge in [-0.25, -0.2) is 9.78 Å². The zero-order valence-electron chi connectivity index (χ0n) is 10.2. The lowest BCUT2D eigenvalue weighted by molar-refractivity contribution is -0.136. The number of aliphatic carboxylic acids is 1. The quantitative estimate of drug-likeness (QED) is 0.836. The zero-order chi connectivity index (χ0) is 13.2. The Hall–Kier alpha value is -1.43. The molecule has 1 heterocycles. The molecule has 0 saturated carbocycles. The van der Waals surface area contributed by atoms with Gasteiger partial charge in [-0.15, -0.1) is 11.3 Å². The van der Waals surface area contributed by atoms with E-state index < -0.39 is 11.9 Å². The smallest absolute Gasteiger partial charge is 0.350 e. The molecule has 0 atom stereocenters. The predicted octanol–water partition coefficient (Wildman–Crippen LogP) is 1.85. The molecule has 0 amide bonds. The van der Waals surface area contributed by atoms with Crippen molar-refractivity contribution in [2.45, 2.75) is 32.6 Å². The Morgan fingerprint density at radius 2 is 2.00 bits per heavy atom. The normalized spacial score (nSPS) is 11.3. The van der Waals surface area contributed by atoms with Crippen molar-refractivity contribution in [3.63, 3.8) is 0 Å². The molecule has 17 heavy (non-hydrogen) atoms. The van der Waals surface area contributed by atoms with Crippen molar-refractivity contribution >= 4 is 23.3 Å². The summed E-state index contributed by atoms with van der Waals surface area (Å²) >= 11 is 1.19. The van der Waals surface area contributed by atoms with Gasteiger partial charge in [0.15, 0.2) is 0 Å². The first-order valence-corrected chi connectivity index (χ1v) is 5.87. The number of methoxy groups -OCH3 is 1. The number of carbonyl (C=O) groups excluding carboxylic acids is 1. The highest BCUT2D eigenvalue weighted by molar-refractivity contribution is 7.13. The van der Waals surface area contributed by atoms with Crippen molar-refractivity contribution in [2.24, 2.45) is 0 Å². The summed E-state index contributed by atoms with van der Waals surface area (Å²) in [6, 6.07) is 0. The van der Waals surface area contributed by atoms with Crippen LogP contribution >= 0.6 is 11.3 Å². The number of ether oxygens (including phenoxy) is 1. The summed E-state index contributed by atoms with van der Waals surface area (Å²) in [5.41, 5.74) is 0.0590. The minimum absolute atomic E-state index is 0.218. The number of hydrogen-bond donors (Lipinski definition) is 1. The van der Waals surface area contributed by atoms with Crippen LogP contribution in [0.3, 0.4) is 0 Å². The predicted molar refractivity (Wildman–Crippen MR) is 63.5 cm³/mol. The molecule has 0 spiro atoms. The van der Waals surface area contributed by atoms with Crippen LogP contribution in [0.5, 0.6) is 0 Å². The fourth-order valence-electron chi connectivity index (χ4n) is 1.19. The summed E-state index contributed by atoms with van der Waals surface area (Å²) < 4.78 is 4.62. The first-order chi connectivity index (χ1) is 7.75. The SMILES string of the molecule is COC(=O)c1sc(C(C)(C)C)nc1CC(=O)O. The highest BCUT2D eigenvalue weighted by Crippen LogP contribution is 2.30. The van der Waals surface area contributed by atoms with Gasteiger partial charge in [-0.3, -0.25) is 4.79 Å². The molecule has 94 valence electrons. The Kier molecular flexibility index (Phi) is 3.87. The maximum Gasteiger partial charge on any atom is 0.350 e. The number of rotatable bonds is 3. The number of nitrogens with zero attached hydrogens (tertiary/aromatic N) is 1. The van der Waals surface area contributed by atoms with E-state index >= 15 is 0 Å². The second-order valence-electron chi connectivity index (χ2n) is 4.61. The van der Waals surface area contributed by atoms with Crippen LogP contribution in [0.1, 0.15) is 41.1 Å². The van der Waals surface area contributed by atoms with Crippen LogP contribution in [0.2, 0.25) is 0 Å². The van der Waals surface area contributed by atoms with Crippen molar-refractivity contribution < 1.29 is 19.4 Å². The Labute approximate surface area is 103 Å². The van der Waals surface area contributed by atoms with Crippen molar-refractivity contribution in [1.82, 2.24) is 4.98 Å². The van der Waals surface area contributed by atoms with E-state index in [0.717, 1.165) is 5.01 Å². The molecule has 1 aromatic heterocycles. The molecule has 0 aliphatic heterocycles. The minimum Gasteiger partial charge on any atom is -0.481 e. The Morgan fingerprint density at radius 3 is 2.41 bits per heavy atom. The summed E-state index contributed by atoms with van der Waals surface area (Å²) in [7, 11) is 1.27. The van der Waals surface area contributed by atoms with Gasteiger partial charge in [0.1, 0.15) is 4.88 Å². The van der Waals surface area contributed by atoms with Gasteiger partial charge in [-0.2, -0.15) is 0 Å². The summed E-state index contributed by atoms with van der Waals surface area (Å²) in [4.78, 5) is 26.7. The van der Waals surface area contributed by atoms with E-state index in [0.29, 0.717) is 0 Å². The van der Waals surface area contributed by atoms with Crippen LogP contribution in [0.4, 0.5) is 0 Å². The van der Waals surface area contributed by atoms with Crippen LogP contribution in [-0.4, -0.2) is 29.1 Å². The van der Waals surface area contributed by atoms with E-state index in [2.05, 4.69) is 9.72 Å². The first kappa shape index (κ1) is 13.6. The first-order valence-electron chi connectivity index (χ1n) is 5.06. The average Bonchev–Trinajstić information content (AvgIpc) is 2.59. The fourth-order valence-corrected chi connectivity index (χ4v) is 2.25. The van der Waals surface area contributed by atoms with E-state index in [1.165, 1.54) is 18.4 Å². The van der Waals surface area contributed by atoms with E-state index in [4.69, 9.17) is 5.11 Å². The van der Waals surface area contributed by atoms with Crippen LogP contribution in [0, 0.1) is 0 Å². The topological polar surface area (TPSA) is 76.5 Å². The van der Waals surface area contributed by atoms with Gasteiger partial charge >= 0.3 is 11.9 Å². The number of hydrogen-bond acceptors (Lipinski definition) is 5. The van der Waals surface area contributed by atoms with Gasteiger partial charge in [0.05, 0.1) is 24.2 Å². The number of thiazole rings is 1. The largest absolute Gasteiger partial charge is 0.481 e. The number of carboxylic acid groups (broad SMARTS) is 1. The van der Waals surface area contributed by atoms with Gasteiger partial charge in [0, 0.05) is 5.41 Å². The molecule has 0 aromatic carbocycles. The van der Waals surface area contributed by atoms with Crippen molar-refractivity contribution in [1.29, 1.82) is 0 Å². The number of carbonyl (C=O) groups is 2. The molecule has 6 heteroatoms. The van der Waals surface area contributed by atoms with E-state index in [1.807, 2.05) is 20.8 Å². The van der Waals surface area contributed by atoms with Gasteiger partial charge < -0.3 is 9.84 Å². The third-order valence-corrected chi connectivity index (χ3v) is 3.53. The van der Waals surface area contributed by atoms with Crippen molar-refractivity contribution in [3.8, 4) is 0 Å². The summed E-state index contributed by atoms with van der Waals surface area (Å²) in [6.45, 7) is 5.87. The molecule has 0 fully saturated rings. The Bertz CT molecular complexity index is 445. The fraction of sp³-hybridized carbons (Fsp3) is 0.545. The van der Waals surface area contributed by atoms with Crippen LogP contribution in [0.25, 0.3) is 0 Å². The third kappa shape index (κ3) is 3.26. The maximum atomic E-state index is 11.5. The molecular formula is C11H15NO4S. The highest BCUT2D eigenvalue weighted by atomic mass is 32.1. The second-order valence-corrected chi connectivity index (χ2v) is 5.61. The van der Waals surface area contributed by atoms with E-state index in [9.17, 15) is 9.59 Å². The van der Waals surface area contributed by atoms with E-state index in [1.54, 1.807) is 0 Å². The number of carboxylic acids is 1. The lowest BCUT2D eigenvalue weighted by Gasteiger charge is -2.13. The minimum atomic E-state index is -1.01. The van der Waals surface area contributed by atoms with Crippen LogP contribution in [0.15, 0.2) is 0 Å². The number of aromatic nitrogens is 1. The average molecular weight is 257 g/mol. The summed E-state index contributed by atoms with van der Waals surface area (Å²) in [5.74, 6) is -1.55. The lowest BCUT2D eigenvalue weighted by Crippen LogP contribution is -2.11. The highest BCUT2D eigenvalue weighted by Gasteiger charge is 2.26. The van der Waals surface area contributed by atoms with Crippen molar-refractivity contribution in [3.05, 3.63) is 15.6 Å². The molecule has 5 nitrogen and oxygen atoms in total. The molecule has 1 rings (SSSR count). The molecule has 0 aliphatic carbocycles. The molecule has 0 bridgehead atoms. The second kappa shape index (κ2) is 4.83. The van der Waals surface area contributed by atoms with Crippen molar-refractivity contribution in [2.75, 3.05) is 7.11 Å². The molecule has 1 aromatic rings. The summed E-state index contributed by atoms with van der Waals surface area (Å²) in [6.07, 6.45) is -0.267. The van der Waals surface area contributed by atoms with E-state index in [-0.39, 0.29) is 22.4 Å². The molecule has 0 radical (unpaired) electrons. The summed E-state index contributed by atoms with van der Waals surface area (Å²) in [5, 5.41) is 9.50. The standard InChI is InChI=1S/C11H15NO4S/c1-11(2,3)10-12-6(5-7(13)14)8(17-10)9(15)16-4/h5H2,1-4H3,(H,13,14). The third-order valence-electron chi connectivity index (χ3n) is 2.03. The van der Waals surface area contributed by atoms with Gasteiger partial charge in [-0.1, -0.05) is 20.8 Å². The van der Waals surface area contributed by atoms with Gasteiger partial charge in [0.2, 0.25) is 0 Å². The van der Waals surface area contributed by atoms with Crippen LogP contribution in [-0.2, 0) is 21.4 Å². The molecule has 0 unspecified atom stereocenters. The van der Waals surface area contributed by atoms with Gasteiger partial charge in [0.25, 0.3) is 0 Å². The monoisotopic (exact) mass is 257 g/mol. The number of esters is 1.